The monoisotopic (exact) mass is 716 g/mol. The minimum absolute atomic E-state index is 0. The Bertz CT molecular complexity index is 854. The van der Waals surface area contributed by atoms with Crippen molar-refractivity contribution >= 4 is 33.7 Å². The molecule has 4 aliphatic rings. The van der Waals surface area contributed by atoms with Crippen LogP contribution < -0.4 is 0 Å². The Hall–Kier alpha value is 0.457. The molecule has 4 rings (SSSR count). The Kier molecular flexibility index (Phi) is 16.9. The van der Waals surface area contributed by atoms with E-state index in [4.69, 9.17) is 25.9 Å². The Morgan fingerprint density at radius 1 is 0.683 bits per heavy atom. The van der Waals surface area contributed by atoms with E-state index in [0.717, 1.165) is 0 Å². The average Bonchev–Trinajstić information content (AvgIpc) is 3.37. The van der Waals surface area contributed by atoms with Gasteiger partial charge in [0.2, 0.25) is 16.6 Å². The van der Waals surface area contributed by atoms with Gasteiger partial charge in [0.05, 0.1) is 11.5 Å². The molecule has 0 N–H and O–H groups in total. The van der Waals surface area contributed by atoms with Crippen LogP contribution in [0.4, 0.5) is 0 Å². The molecule has 4 aliphatic carbocycles. The molecule has 0 aliphatic heterocycles. The molecule has 0 aromatic heterocycles. The van der Waals surface area contributed by atoms with E-state index >= 15 is 0 Å². The fraction of sp³-hybridized carbons (Fsp3) is 0.647. The molecule has 0 radical (unpaired) electrons. The summed E-state index contributed by atoms with van der Waals surface area (Å²) in [5.74, 6) is 6.00. The second-order valence-corrected chi connectivity index (χ2v) is 27.9. The molecular formula is C34H60Cl2O2Si2Zr-4. The third-order valence-corrected chi connectivity index (χ3v) is 18.7. The van der Waals surface area contributed by atoms with Gasteiger partial charge in [-0.25, -0.2) is 0 Å². The maximum atomic E-state index is 6.53. The van der Waals surface area contributed by atoms with Gasteiger partial charge in [0.25, 0.3) is 0 Å². The fourth-order valence-electron chi connectivity index (χ4n) is 5.38. The number of rotatable bonds is 4. The quantitative estimate of drug-likeness (QED) is 0.213. The molecule has 2 nitrogen and oxygen atoms in total. The summed E-state index contributed by atoms with van der Waals surface area (Å²) in [6.07, 6.45) is 18.3. The number of allylic oxidation sites excluding steroid dienone is 8. The van der Waals surface area contributed by atoms with Crippen LogP contribution in [0, 0.1) is 64.2 Å². The zero-order valence-electron chi connectivity index (χ0n) is 28.2. The van der Waals surface area contributed by atoms with Crippen LogP contribution in [0.1, 0.15) is 67.2 Å². The molecule has 238 valence electrons. The number of halogens is 2. The third-order valence-electron chi connectivity index (χ3n) is 9.99. The van der Waals surface area contributed by atoms with E-state index in [1.165, 1.54) is 37.2 Å². The first-order valence-corrected chi connectivity index (χ1v) is 26.8. The van der Waals surface area contributed by atoms with Gasteiger partial charge in [-0.05, 0) is 73.1 Å². The molecule has 2 saturated carbocycles. The van der Waals surface area contributed by atoms with Crippen molar-refractivity contribution in [3.63, 3.8) is 0 Å². The molecule has 0 spiro atoms. The van der Waals surface area contributed by atoms with Crippen LogP contribution in [-0.4, -0.2) is 16.6 Å². The molecule has 0 bridgehead atoms. The summed E-state index contributed by atoms with van der Waals surface area (Å²) in [7, 11) is 6.47. The molecule has 2 fully saturated rings. The molecule has 0 saturated heterocycles. The molecule has 41 heavy (non-hydrogen) atoms. The van der Waals surface area contributed by atoms with Gasteiger partial charge in [-0.2, -0.15) is 11.8 Å². The Morgan fingerprint density at radius 2 is 0.976 bits per heavy atom. The van der Waals surface area contributed by atoms with Gasteiger partial charge in [-0.3, -0.25) is 0 Å². The molecule has 7 heteroatoms. The molecule has 6 atom stereocenters. The zero-order chi connectivity index (χ0) is 29.8. The summed E-state index contributed by atoms with van der Waals surface area (Å²) in [4.78, 5) is 0. The topological polar surface area (TPSA) is 18.5 Å². The van der Waals surface area contributed by atoms with Crippen molar-refractivity contribution in [2.75, 3.05) is 0 Å². The Balaban J connectivity index is 0.000000682. The second kappa shape index (κ2) is 16.7. The van der Waals surface area contributed by atoms with Crippen molar-refractivity contribution in [2.24, 2.45) is 35.5 Å². The minimum atomic E-state index is -1.70. The maximum absolute atomic E-state index is 6.53. The van der Waals surface area contributed by atoms with Crippen LogP contribution in [0.15, 0.2) is 48.0 Å². The summed E-state index contributed by atoms with van der Waals surface area (Å²) in [6, 6.07) is 0. The van der Waals surface area contributed by atoms with E-state index in [-0.39, 0.29) is 24.9 Å². The summed E-state index contributed by atoms with van der Waals surface area (Å²) in [6.45, 7) is 31.7. The van der Waals surface area contributed by atoms with E-state index in [0.29, 0.717) is 35.5 Å². The first-order chi connectivity index (χ1) is 17.9. The van der Waals surface area contributed by atoms with Crippen LogP contribution >= 0.6 is 17.0 Å². The van der Waals surface area contributed by atoms with E-state index in [1.54, 1.807) is 0 Å². The number of hydrogen-bond acceptors (Lipinski definition) is 2. The van der Waals surface area contributed by atoms with E-state index in [2.05, 4.69) is 118 Å². The van der Waals surface area contributed by atoms with Crippen molar-refractivity contribution < 1.29 is 29.7 Å². The molecule has 0 amide bonds. The number of hydrogen-bond donors (Lipinski definition) is 0. The Morgan fingerprint density at radius 3 is 1.24 bits per heavy atom. The van der Waals surface area contributed by atoms with Gasteiger partial charge in [0, 0.05) is 11.8 Å². The molecular weight excluding hydrogens is 659 g/mol. The van der Waals surface area contributed by atoms with Crippen molar-refractivity contribution in [1.82, 2.24) is 0 Å². The average molecular weight is 719 g/mol. The van der Waals surface area contributed by atoms with Crippen LogP contribution in [0.5, 0.6) is 0 Å². The number of fused-ring (bicyclic) bond motifs is 2. The first kappa shape index (κ1) is 41.5. The predicted octanol–water partition coefficient (Wildman–Crippen LogP) is 12.2. The fourth-order valence-corrected chi connectivity index (χ4v) is 7.61. The van der Waals surface area contributed by atoms with Gasteiger partial charge >= 0.3 is 37.9 Å². The zero-order valence-corrected chi connectivity index (χ0v) is 34.2. The van der Waals surface area contributed by atoms with Crippen molar-refractivity contribution in [1.29, 1.82) is 0 Å². The molecule has 0 aromatic rings. The van der Waals surface area contributed by atoms with E-state index < -0.39 is 37.5 Å². The van der Waals surface area contributed by atoms with Crippen molar-refractivity contribution in [3.8, 4) is 0 Å². The SMILES string of the molecule is [CH2-]C1CCC2C(O[Si](C)(C)C(C)(C)C)=CC=CC12.[CH2-]C1CCC2C(O[Si](C)(C)C(C)(C)C)=CC=CC12.[CH3-].[CH3-].[Cl][Zr][Cl]. The summed E-state index contributed by atoms with van der Waals surface area (Å²) in [5, 5.41) is 0.542. The van der Waals surface area contributed by atoms with E-state index in [9.17, 15) is 0 Å². The van der Waals surface area contributed by atoms with Crippen molar-refractivity contribution in [2.45, 2.75) is 103 Å². The van der Waals surface area contributed by atoms with Crippen LogP contribution in [-0.2, 0) is 29.7 Å². The van der Waals surface area contributed by atoms with Gasteiger partial charge in [-0.1, -0.05) is 78.7 Å². The van der Waals surface area contributed by atoms with E-state index in [1.807, 2.05) is 0 Å². The van der Waals surface area contributed by atoms with Gasteiger partial charge in [0.15, 0.2) is 0 Å². The second-order valence-electron chi connectivity index (χ2n) is 14.7. The van der Waals surface area contributed by atoms with Gasteiger partial charge < -0.3 is 37.6 Å². The molecule has 0 aromatic carbocycles. The van der Waals surface area contributed by atoms with Crippen LogP contribution in [0.3, 0.4) is 0 Å². The Labute approximate surface area is 277 Å². The van der Waals surface area contributed by atoms with Gasteiger partial charge in [-0.15, -0.1) is 0 Å². The predicted molar refractivity (Wildman–Crippen MR) is 186 cm³/mol. The molecule has 6 unspecified atom stereocenters. The molecule has 0 heterocycles. The third kappa shape index (κ3) is 10.8. The first-order valence-electron chi connectivity index (χ1n) is 14.6. The standard InChI is InChI=1S/2C16H27OSi.2CH3.2ClH.Zr/c2*1-12-10-11-14-13(12)8-7-9-15(14)17-18(5,6)16(2,3)4;;;;;/h2*7-9,12-14H,1,10-11H2,2-6H3;2*1H3;2*1H;/q4*-1;;;+2/p-2. The summed E-state index contributed by atoms with van der Waals surface area (Å²) in [5.41, 5.74) is 0. The van der Waals surface area contributed by atoms with Crippen LogP contribution in [0.25, 0.3) is 0 Å². The van der Waals surface area contributed by atoms with Crippen LogP contribution in [0.2, 0.25) is 36.3 Å². The van der Waals surface area contributed by atoms with Gasteiger partial charge in [0.1, 0.15) is 0 Å². The summed E-state index contributed by atoms with van der Waals surface area (Å²) < 4.78 is 13.1. The summed E-state index contributed by atoms with van der Waals surface area (Å²) >= 11 is -0.826. The normalized spacial score (nSPS) is 28.5. The van der Waals surface area contributed by atoms with Crippen molar-refractivity contribution in [3.05, 3.63) is 76.7 Å².